The predicted octanol–water partition coefficient (Wildman–Crippen LogP) is 3.08. The molecule has 0 radical (unpaired) electrons. The third-order valence-electron chi connectivity index (χ3n) is 2.50. The molecule has 0 aliphatic rings. The fourth-order valence-electron chi connectivity index (χ4n) is 1.54. The molecule has 74 valence electrons. The van der Waals surface area contributed by atoms with Crippen LogP contribution in [0.1, 0.15) is 22.3 Å². The third-order valence-corrected chi connectivity index (χ3v) is 2.50. The Balaban J connectivity index is 3.29. The van der Waals surface area contributed by atoms with Crippen molar-refractivity contribution < 1.29 is 0 Å². The molecule has 0 fully saturated rings. The molecular formula is C13H17N. The molecule has 0 aromatic heterocycles. The van der Waals surface area contributed by atoms with Crippen LogP contribution in [-0.2, 0) is 6.42 Å². The summed E-state index contributed by atoms with van der Waals surface area (Å²) >= 11 is 0. The molecule has 0 saturated carbocycles. The van der Waals surface area contributed by atoms with Crippen molar-refractivity contribution in [3.05, 3.63) is 47.0 Å². The van der Waals surface area contributed by atoms with E-state index in [9.17, 15) is 0 Å². The second-order valence-electron chi connectivity index (χ2n) is 3.46. The summed E-state index contributed by atoms with van der Waals surface area (Å²) in [5, 5.41) is 0. The molecule has 0 aliphatic heterocycles. The maximum atomic E-state index is 4.09. The molecule has 0 aliphatic carbocycles. The van der Waals surface area contributed by atoms with Gasteiger partial charge in [-0.25, -0.2) is 0 Å². The van der Waals surface area contributed by atoms with Gasteiger partial charge in [-0.3, -0.25) is 4.99 Å². The van der Waals surface area contributed by atoms with Gasteiger partial charge in [0.1, 0.15) is 0 Å². The molecule has 0 bridgehead atoms. The van der Waals surface area contributed by atoms with E-state index in [1.807, 2.05) is 12.3 Å². The molecule has 0 atom stereocenters. The summed E-state index contributed by atoms with van der Waals surface area (Å²) in [7, 11) is 1.81. The number of rotatable bonds is 3. The topological polar surface area (TPSA) is 12.4 Å². The maximum Gasteiger partial charge on any atom is 0.0287 e. The number of allylic oxidation sites excluding steroid dienone is 1. The molecule has 1 aromatic rings. The minimum atomic E-state index is 0.905. The van der Waals surface area contributed by atoms with Gasteiger partial charge in [0.05, 0.1) is 0 Å². The van der Waals surface area contributed by atoms with Crippen LogP contribution in [0.2, 0.25) is 0 Å². The van der Waals surface area contributed by atoms with Crippen molar-refractivity contribution in [2.24, 2.45) is 4.99 Å². The van der Waals surface area contributed by atoms with Crippen molar-refractivity contribution in [2.75, 3.05) is 7.05 Å². The third kappa shape index (κ3) is 2.11. The van der Waals surface area contributed by atoms with E-state index in [1.165, 1.54) is 22.3 Å². The van der Waals surface area contributed by atoms with Gasteiger partial charge in [0, 0.05) is 13.3 Å². The maximum absolute atomic E-state index is 4.09. The highest BCUT2D eigenvalue weighted by atomic mass is 14.6. The minimum Gasteiger partial charge on any atom is -0.296 e. The first-order valence-corrected chi connectivity index (χ1v) is 4.82. The number of hydrogen-bond donors (Lipinski definition) is 0. The average Bonchev–Trinajstić information content (AvgIpc) is 2.18. The molecule has 0 spiro atoms. The molecule has 1 heteroatoms. The highest BCUT2D eigenvalue weighted by Gasteiger charge is 2.04. The Morgan fingerprint density at radius 2 is 2.07 bits per heavy atom. The fraction of sp³-hybridized carbons (Fsp3) is 0.308. The van der Waals surface area contributed by atoms with Gasteiger partial charge in [-0.2, -0.15) is 0 Å². The Kier molecular flexibility index (Phi) is 3.63. The van der Waals surface area contributed by atoms with E-state index >= 15 is 0 Å². The fourth-order valence-corrected chi connectivity index (χ4v) is 1.54. The molecule has 0 amide bonds. The zero-order valence-corrected chi connectivity index (χ0v) is 9.17. The van der Waals surface area contributed by atoms with E-state index in [1.54, 1.807) is 7.05 Å². The van der Waals surface area contributed by atoms with E-state index in [0.717, 1.165) is 6.42 Å². The minimum absolute atomic E-state index is 0.905. The molecule has 1 aromatic carbocycles. The summed E-state index contributed by atoms with van der Waals surface area (Å²) < 4.78 is 0. The van der Waals surface area contributed by atoms with Gasteiger partial charge in [0.15, 0.2) is 0 Å². The van der Waals surface area contributed by atoms with E-state index in [4.69, 9.17) is 0 Å². The molecule has 14 heavy (non-hydrogen) atoms. The van der Waals surface area contributed by atoms with Crippen LogP contribution in [-0.4, -0.2) is 13.3 Å². The van der Waals surface area contributed by atoms with Crippen molar-refractivity contribution in [3.63, 3.8) is 0 Å². The molecule has 0 N–H and O–H groups in total. The van der Waals surface area contributed by atoms with Crippen molar-refractivity contribution in [2.45, 2.75) is 20.3 Å². The lowest BCUT2D eigenvalue weighted by molar-refractivity contribution is 1.21. The van der Waals surface area contributed by atoms with Crippen LogP contribution < -0.4 is 0 Å². The number of aryl methyl sites for hydroxylation is 1. The lowest BCUT2D eigenvalue weighted by Gasteiger charge is -2.09. The summed E-state index contributed by atoms with van der Waals surface area (Å²) in [6.07, 6.45) is 4.76. The normalized spacial score (nSPS) is 10.8. The average molecular weight is 187 g/mol. The first kappa shape index (κ1) is 10.7. The first-order valence-electron chi connectivity index (χ1n) is 4.82. The number of aliphatic imine (C=N–C) groups is 1. The highest BCUT2D eigenvalue weighted by Crippen LogP contribution is 2.17. The van der Waals surface area contributed by atoms with Gasteiger partial charge in [-0.1, -0.05) is 18.2 Å². The molecule has 0 saturated heterocycles. The lowest BCUT2D eigenvalue weighted by atomic mass is 9.96. The van der Waals surface area contributed by atoms with Crippen LogP contribution in [0, 0.1) is 13.8 Å². The Morgan fingerprint density at radius 3 is 2.64 bits per heavy atom. The van der Waals surface area contributed by atoms with Crippen LogP contribution in [0.25, 0.3) is 0 Å². The Hall–Kier alpha value is -1.37. The Labute approximate surface area is 86.2 Å². The van der Waals surface area contributed by atoms with Crippen molar-refractivity contribution >= 4 is 6.21 Å². The standard InChI is InChI=1S/C13H17N/c1-5-6-12-8-7-10(2)11(3)13(12)9-14-4/h5,7-9H,1,6H2,2-4H3. The Bertz CT molecular complexity index is 362. The smallest absolute Gasteiger partial charge is 0.0287 e. The van der Waals surface area contributed by atoms with E-state index in [2.05, 4.69) is 37.6 Å². The zero-order chi connectivity index (χ0) is 10.6. The van der Waals surface area contributed by atoms with Gasteiger partial charge >= 0.3 is 0 Å². The van der Waals surface area contributed by atoms with Crippen LogP contribution >= 0.6 is 0 Å². The van der Waals surface area contributed by atoms with Gasteiger partial charge in [0.25, 0.3) is 0 Å². The van der Waals surface area contributed by atoms with Gasteiger partial charge in [-0.05, 0) is 42.5 Å². The molecule has 0 heterocycles. The van der Waals surface area contributed by atoms with Gasteiger partial charge in [-0.15, -0.1) is 6.58 Å². The summed E-state index contributed by atoms with van der Waals surface area (Å²) in [5.74, 6) is 0. The van der Waals surface area contributed by atoms with E-state index in [-0.39, 0.29) is 0 Å². The van der Waals surface area contributed by atoms with Crippen LogP contribution in [0.5, 0.6) is 0 Å². The predicted molar refractivity (Wildman–Crippen MR) is 63.3 cm³/mol. The number of nitrogens with zero attached hydrogens (tertiary/aromatic N) is 1. The molecule has 1 rings (SSSR count). The van der Waals surface area contributed by atoms with E-state index < -0.39 is 0 Å². The number of hydrogen-bond acceptors (Lipinski definition) is 1. The molecule has 0 unspecified atom stereocenters. The summed E-state index contributed by atoms with van der Waals surface area (Å²) in [4.78, 5) is 4.09. The van der Waals surface area contributed by atoms with Gasteiger partial charge in [0.2, 0.25) is 0 Å². The zero-order valence-electron chi connectivity index (χ0n) is 9.17. The van der Waals surface area contributed by atoms with Crippen LogP contribution in [0.15, 0.2) is 29.8 Å². The molecule has 1 nitrogen and oxygen atoms in total. The van der Waals surface area contributed by atoms with Crippen LogP contribution in [0.4, 0.5) is 0 Å². The number of benzene rings is 1. The second-order valence-corrected chi connectivity index (χ2v) is 3.46. The SMILES string of the molecule is C=CCc1ccc(C)c(C)c1C=NC. The van der Waals surface area contributed by atoms with E-state index in [0.29, 0.717) is 0 Å². The Morgan fingerprint density at radius 1 is 1.36 bits per heavy atom. The van der Waals surface area contributed by atoms with Crippen LogP contribution in [0.3, 0.4) is 0 Å². The largest absolute Gasteiger partial charge is 0.296 e. The van der Waals surface area contributed by atoms with Crippen molar-refractivity contribution in [1.82, 2.24) is 0 Å². The van der Waals surface area contributed by atoms with Crippen molar-refractivity contribution in [3.8, 4) is 0 Å². The second kappa shape index (κ2) is 4.75. The summed E-state index contributed by atoms with van der Waals surface area (Å²) in [6.45, 7) is 8.03. The van der Waals surface area contributed by atoms with Gasteiger partial charge < -0.3 is 0 Å². The lowest BCUT2D eigenvalue weighted by Crippen LogP contribution is -1.97. The highest BCUT2D eigenvalue weighted by molar-refractivity contribution is 5.84. The quantitative estimate of drug-likeness (QED) is 0.509. The molecular weight excluding hydrogens is 170 g/mol. The first-order chi connectivity index (χ1) is 6.70. The summed E-state index contributed by atoms with van der Waals surface area (Å²) in [6, 6.07) is 4.31. The monoisotopic (exact) mass is 187 g/mol. The van der Waals surface area contributed by atoms with Crippen molar-refractivity contribution in [1.29, 1.82) is 0 Å². The summed E-state index contributed by atoms with van der Waals surface area (Å²) in [5.41, 5.74) is 5.17.